The number of fused-ring (bicyclic) bond motifs is 6. The molecule has 2 aromatic heterocycles. The monoisotopic (exact) mass is 384 g/mol. The molecule has 0 bridgehead atoms. The summed E-state index contributed by atoms with van der Waals surface area (Å²) in [4.78, 5) is 9.14. The number of methoxy groups -OCH3 is 1. The van der Waals surface area contributed by atoms with Gasteiger partial charge in [-0.25, -0.2) is 20.0 Å². The molecule has 0 fully saturated rings. The molecular formula is C20H16N8O. The Bertz CT molecular complexity index is 1230. The van der Waals surface area contributed by atoms with E-state index in [-0.39, 0.29) is 6.17 Å². The minimum absolute atomic E-state index is 0.172. The second kappa shape index (κ2) is 5.93. The molecule has 0 saturated heterocycles. The van der Waals surface area contributed by atoms with Crippen molar-refractivity contribution in [3.63, 3.8) is 0 Å². The van der Waals surface area contributed by atoms with Crippen molar-refractivity contribution in [2.24, 2.45) is 4.99 Å². The van der Waals surface area contributed by atoms with Crippen LogP contribution in [0.2, 0.25) is 0 Å². The van der Waals surface area contributed by atoms with E-state index in [1.165, 1.54) is 0 Å². The number of para-hydroxylation sites is 1. The fourth-order valence-corrected chi connectivity index (χ4v) is 3.84. The van der Waals surface area contributed by atoms with Crippen LogP contribution in [0.5, 0.6) is 5.75 Å². The zero-order chi connectivity index (χ0) is 19.4. The molecule has 0 N–H and O–H groups in total. The first-order chi connectivity index (χ1) is 14.3. The third kappa shape index (κ3) is 2.21. The van der Waals surface area contributed by atoms with Crippen molar-refractivity contribution in [3.8, 4) is 17.1 Å². The molecule has 9 nitrogen and oxygen atoms in total. The first-order valence-corrected chi connectivity index (χ1v) is 9.13. The minimum atomic E-state index is -0.172. The molecule has 0 amide bonds. The van der Waals surface area contributed by atoms with Gasteiger partial charge in [-0.2, -0.15) is 4.68 Å². The Balaban J connectivity index is 1.46. The van der Waals surface area contributed by atoms with Gasteiger partial charge >= 0.3 is 0 Å². The highest BCUT2D eigenvalue weighted by molar-refractivity contribution is 5.86. The summed E-state index contributed by atoms with van der Waals surface area (Å²) in [6.45, 7) is 0. The molecule has 2 aliphatic heterocycles. The lowest BCUT2D eigenvalue weighted by Gasteiger charge is -2.37. The first-order valence-electron chi connectivity index (χ1n) is 9.13. The van der Waals surface area contributed by atoms with Gasteiger partial charge in [-0.3, -0.25) is 4.57 Å². The van der Waals surface area contributed by atoms with Gasteiger partial charge in [-0.1, -0.05) is 23.4 Å². The Morgan fingerprint density at radius 2 is 1.83 bits per heavy atom. The van der Waals surface area contributed by atoms with Crippen LogP contribution in [0.1, 0.15) is 11.7 Å². The number of benzene rings is 2. The van der Waals surface area contributed by atoms with Crippen LogP contribution in [0.15, 0.2) is 72.2 Å². The number of aliphatic imine (C=N–C) groups is 1. The second-order valence-corrected chi connectivity index (χ2v) is 6.71. The van der Waals surface area contributed by atoms with Crippen LogP contribution in [-0.2, 0) is 0 Å². The Morgan fingerprint density at radius 1 is 0.966 bits per heavy atom. The van der Waals surface area contributed by atoms with Crippen molar-refractivity contribution in [2.45, 2.75) is 6.17 Å². The Hall–Kier alpha value is -4.14. The number of hydrogen-bond donors (Lipinski definition) is 0. The summed E-state index contributed by atoms with van der Waals surface area (Å²) in [5.74, 6) is 2.48. The minimum Gasteiger partial charge on any atom is -0.497 e. The van der Waals surface area contributed by atoms with Crippen molar-refractivity contribution >= 4 is 18.0 Å². The normalized spacial score (nSPS) is 16.5. The summed E-state index contributed by atoms with van der Waals surface area (Å²) in [6, 6.07) is 15.9. The Kier molecular flexibility index (Phi) is 3.25. The van der Waals surface area contributed by atoms with Gasteiger partial charge in [0.25, 0.3) is 0 Å². The molecule has 142 valence electrons. The van der Waals surface area contributed by atoms with Crippen LogP contribution in [0, 0.1) is 0 Å². The molecule has 2 aliphatic rings. The van der Waals surface area contributed by atoms with Gasteiger partial charge in [0.2, 0.25) is 0 Å². The Morgan fingerprint density at radius 3 is 2.69 bits per heavy atom. The molecular weight excluding hydrogens is 368 g/mol. The smallest absolute Gasteiger partial charge is 0.177 e. The zero-order valence-corrected chi connectivity index (χ0v) is 15.5. The van der Waals surface area contributed by atoms with Gasteiger partial charge in [0.05, 0.1) is 30.9 Å². The maximum atomic E-state index is 5.26. The van der Waals surface area contributed by atoms with E-state index in [0.717, 1.165) is 34.3 Å². The summed E-state index contributed by atoms with van der Waals surface area (Å²) in [5.41, 5.74) is 3.07. The molecule has 4 aromatic rings. The summed E-state index contributed by atoms with van der Waals surface area (Å²) in [5, 5.41) is 12.5. The van der Waals surface area contributed by atoms with Crippen molar-refractivity contribution in [3.05, 3.63) is 72.8 Å². The van der Waals surface area contributed by atoms with E-state index in [0.29, 0.717) is 0 Å². The molecule has 4 heterocycles. The molecule has 9 heteroatoms. The number of nitrogens with zero attached hydrogens (tertiary/aromatic N) is 8. The quantitative estimate of drug-likeness (QED) is 0.541. The van der Waals surface area contributed by atoms with Crippen LogP contribution >= 0.6 is 0 Å². The van der Waals surface area contributed by atoms with Crippen molar-refractivity contribution < 1.29 is 4.74 Å². The van der Waals surface area contributed by atoms with Gasteiger partial charge in [0.15, 0.2) is 17.8 Å². The number of hydrogen-bond acceptors (Lipinski definition) is 7. The average molecular weight is 384 g/mol. The molecule has 6 rings (SSSR count). The van der Waals surface area contributed by atoms with Crippen LogP contribution in [-0.4, -0.2) is 38.0 Å². The number of aromatic nitrogens is 5. The summed E-state index contributed by atoms with van der Waals surface area (Å²) in [7, 11) is 1.65. The number of ether oxygens (including phenoxy) is 1. The molecule has 1 unspecified atom stereocenters. The third-order valence-corrected chi connectivity index (χ3v) is 5.19. The molecule has 1 atom stereocenters. The molecule has 0 aliphatic carbocycles. The highest BCUT2D eigenvalue weighted by atomic mass is 16.5. The summed E-state index contributed by atoms with van der Waals surface area (Å²) < 4.78 is 9.09. The van der Waals surface area contributed by atoms with Crippen molar-refractivity contribution in [1.82, 2.24) is 24.5 Å². The van der Waals surface area contributed by atoms with E-state index in [1.54, 1.807) is 18.0 Å². The van der Waals surface area contributed by atoms with Crippen molar-refractivity contribution in [2.75, 3.05) is 17.1 Å². The van der Waals surface area contributed by atoms with Crippen LogP contribution in [0.3, 0.4) is 0 Å². The van der Waals surface area contributed by atoms with Crippen LogP contribution in [0.4, 0.5) is 11.6 Å². The fourth-order valence-electron chi connectivity index (χ4n) is 3.84. The van der Waals surface area contributed by atoms with Gasteiger partial charge in [0.1, 0.15) is 18.4 Å². The van der Waals surface area contributed by atoms with Crippen LogP contribution < -0.4 is 14.8 Å². The number of rotatable bonds is 3. The van der Waals surface area contributed by atoms with Gasteiger partial charge in [-0.05, 0) is 30.3 Å². The lowest BCUT2D eigenvalue weighted by Crippen LogP contribution is -2.43. The van der Waals surface area contributed by atoms with E-state index >= 15 is 0 Å². The summed E-state index contributed by atoms with van der Waals surface area (Å²) in [6.07, 6.45) is 7.02. The standard InChI is InChI=1S/C20H16N8O/c1-29-15-8-6-14(7-9-15)27-19(11-23-24-27)26-13-22-20-16-4-2-3-5-17(16)25-12-21-10-18(25)28(20)26/h2-13,20H,1H3. The molecule has 29 heavy (non-hydrogen) atoms. The molecule has 0 saturated carbocycles. The Labute approximate surface area is 166 Å². The fraction of sp³-hybridized carbons (Fsp3) is 0.100. The molecule has 2 aromatic carbocycles. The van der Waals surface area contributed by atoms with E-state index in [4.69, 9.17) is 9.73 Å². The summed E-state index contributed by atoms with van der Waals surface area (Å²) >= 11 is 0. The van der Waals surface area contributed by atoms with E-state index in [9.17, 15) is 0 Å². The zero-order valence-electron chi connectivity index (χ0n) is 15.5. The van der Waals surface area contributed by atoms with Gasteiger partial charge in [-0.15, -0.1) is 5.10 Å². The van der Waals surface area contributed by atoms with E-state index < -0.39 is 0 Å². The molecule has 0 radical (unpaired) electrons. The highest BCUT2D eigenvalue weighted by Crippen LogP contribution is 2.42. The number of imidazole rings is 1. The predicted octanol–water partition coefficient (Wildman–Crippen LogP) is 2.74. The topological polar surface area (TPSA) is 76.6 Å². The van der Waals surface area contributed by atoms with E-state index in [2.05, 4.69) is 37.0 Å². The number of anilines is 2. The SMILES string of the molecule is COc1ccc(-n2nncc2N2C=NC3c4ccccc4-n4cncc4N32)cc1. The second-order valence-electron chi connectivity index (χ2n) is 6.71. The average Bonchev–Trinajstić information content (AvgIpc) is 3.52. The van der Waals surface area contributed by atoms with E-state index in [1.807, 2.05) is 60.3 Å². The highest BCUT2D eigenvalue weighted by Gasteiger charge is 2.39. The predicted molar refractivity (Wildman–Crippen MR) is 108 cm³/mol. The number of hydrazine groups is 1. The van der Waals surface area contributed by atoms with Gasteiger partial charge in [0, 0.05) is 5.56 Å². The maximum absolute atomic E-state index is 5.26. The van der Waals surface area contributed by atoms with Gasteiger partial charge < -0.3 is 4.74 Å². The first kappa shape index (κ1) is 15.9. The van der Waals surface area contributed by atoms with Crippen LogP contribution in [0.25, 0.3) is 11.4 Å². The largest absolute Gasteiger partial charge is 0.497 e. The van der Waals surface area contributed by atoms with Crippen molar-refractivity contribution in [1.29, 1.82) is 0 Å². The molecule has 0 spiro atoms. The lowest BCUT2D eigenvalue weighted by atomic mass is 10.1. The lowest BCUT2D eigenvalue weighted by molar-refractivity contribution is 0.414. The third-order valence-electron chi connectivity index (χ3n) is 5.19. The maximum Gasteiger partial charge on any atom is 0.177 e.